The first kappa shape index (κ1) is 63.2. The summed E-state index contributed by atoms with van der Waals surface area (Å²) in [5, 5.41) is 40.4. The fraction of sp³-hybridized carbons (Fsp3) is 0.881. The minimum atomic E-state index is -5.55. The molecule has 1 aliphatic rings. The largest absolute Gasteiger partial charge is 1.00 e. The number of nitrogens with zero attached hydrogens (tertiary/aromatic N) is 2. The predicted octanol–water partition coefficient (Wildman–Crippen LogP) is 1.79. The quantitative estimate of drug-likeness (QED) is 0.0318. The summed E-state index contributed by atoms with van der Waals surface area (Å²) in [5.74, 6) is -0.549. The molecule has 1 saturated heterocycles. The van der Waals surface area contributed by atoms with Crippen molar-refractivity contribution in [1.82, 2.24) is 9.55 Å². The summed E-state index contributed by atoms with van der Waals surface area (Å²) in [6.45, 7) is 2.95. The van der Waals surface area contributed by atoms with Gasteiger partial charge in [-0.25, -0.2) is 13.9 Å². The molecular weight excluding hydrogens is 878 g/mol. The molecule has 21 heteroatoms. The van der Waals surface area contributed by atoms with E-state index < -0.39 is 71.5 Å². The van der Waals surface area contributed by atoms with E-state index in [2.05, 4.69) is 23.1 Å². The van der Waals surface area contributed by atoms with Crippen LogP contribution in [-0.4, -0.2) is 81.5 Å². The van der Waals surface area contributed by atoms with Gasteiger partial charge in [-0.05, 0) is 18.9 Å². The third kappa shape index (κ3) is 30.4. The maximum absolute atomic E-state index is 12.7. The molecule has 3 unspecified atom stereocenters. The number of hydrogen-bond acceptors (Lipinski definition) is 15. The molecule has 0 aliphatic carbocycles. The zero-order valence-corrected chi connectivity index (χ0v) is 44.7. The van der Waals surface area contributed by atoms with E-state index in [1.165, 1.54) is 109 Å². The average molecular weight is 956 g/mol. The van der Waals surface area contributed by atoms with Crippen LogP contribution < -0.4 is 74.6 Å². The molecule has 0 bridgehead atoms. The third-order valence-electron chi connectivity index (χ3n) is 10.7. The third-order valence-corrected chi connectivity index (χ3v) is 13.3. The molecule has 63 heavy (non-hydrogen) atoms. The Hall–Kier alpha value is 0.250. The van der Waals surface area contributed by atoms with E-state index in [1.807, 2.05) is 0 Å². The Morgan fingerprint density at radius 3 is 1.75 bits per heavy atom. The molecule has 0 aromatic carbocycles. The number of carbonyl (C=O) groups is 1. The molecule has 2 heterocycles. The van der Waals surface area contributed by atoms with Crippen LogP contribution in [0, 0.1) is 5.41 Å². The number of aliphatic hydroxyl groups excluding tert-OH is 2. The zero-order valence-electron chi connectivity index (χ0n) is 38.9. The van der Waals surface area contributed by atoms with Crippen molar-refractivity contribution in [2.75, 3.05) is 26.4 Å². The van der Waals surface area contributed by atoms with E-state index in [0.717, 1.165) is 61.8 Å². The Bertz CT molecular complexity index is 1470. The maximum Gasteiger partial charge on any atom is 1.00 e. The topological polar surface area (TPSA) is 255 Å². The summed E-state index contributed by atoms with van der Waals surface area (Å²) in [6, 6.07) is 0.192. The molecule has 0 amide bonds. The van der Waals surface area contributed by atoms with Gasteiger partial charge >= 0.3 is 72.9 Å². The Balaban J connectivity index is 0.0000192. The first-order valence-electron chi connectivity index (χ1n) is 23.0. The molecule has 4 N–H and O–H groups in total. The van der Waals surface area contributed by atoms with Gasteiger partial charge in [0.1, 0.15) is 29.9 Å². The second-order valence-electron chi connectivity index (χ2n) is 16.2. The number of phosphoric ester groups is 2. The van der Waals surface area contributed by atoms with Crippen LogP contribution in [0.3, 0.4) is 0 Å². The van der Waals surface area contributed by atoms with Gasteiger partial charge in [0, 0.05) is 19.2 Å². The molecule has 356 valence electrons. The zero-order chi connectivity index (χ0) is 44.8. The van der Waals surface area contributed by atoms with Gasteiger partial charge in [-0.15, -0.1) is 0 Å². The second-order valence-corrected chi connectivity index (χ2v) is 19.2. The van der Waals surface area contributed by atoms with Crippen molar-refractivity contribution in [3.05, 3.63) is 17.8 Å². The summed E-state index contributed by atoms with van der Waals surface area (Å²) >= 11 is 0. The Labute approximate surface area is 420 Å². The van der Waals surface area contributed by atoms with E-state index in [0.29, 0.717) is 13.0 Å². The molecule has 2 rings (SSSR count). The molecule has 1 aromatic rings. The Kier molecular flexibility index (Phi) is 38.3. The first-order valence-corrected chi connectivity index (χ1v) is 26.0. The predicted molar refractivity (Wildman–Crippen MR) is 226 cm³/mol. The van der Waals surface area contributed by atoms with Gasteiger partial charge in [-0.3, -0.25) is 19.3 Å². The van der Waals surface area contributed by atoms with E-state index in [1.54, 1.807) is 0 Å². The van der Waals surface area contributed by atoms with Crippen LogP contribution >= 0.6 is 15.6 Å². The van der Waals surface area contributed by atoms with Crippen LogP contribution in [0.2, 0.25) is 0 Å². The van der Waals surface area contributed by atoms with Crippen LogP contribution in [-0.2, 0) is 41.5 Å². The molecule has 17 nitrogen and oxygen atoms in total. The second kappa shape index (κ2) is 38.1. The van der Waals surface area contributed by atoms with Crippen molar-refractivity contribution in [2.45, 2.75) is 211 Å². The average Bonchev–Trinajstić information content (AvgIpc) is 3.49. The fourth-order valence-corrected chi connectivity index (χ4v) is 9.20. The Morgan fingerprint density at radius 2 is 1.25 bits per heavy atom. The van der Waals surface area contributed by atoms with E-state index >= 15 is 0 Å². The number of hydrogen-bond donors (Lipinski definition) is 4. The van der Waals surface area contributed by atoms with Crippen molar-refractivity contribution >= 4 is 21.6 Å². The smallest absolute Gasteiger partial charge is 0.846 e. The van der Waals surface area contributed by atoms with Gasteiger partial charge in [-0.2, -0.15) is 0 Å². The summed E-state index contributed by atoms with van der Waals surface area (Å²) < 4.78 is 56.7. The van der Waals surface area contributed by atoms with Gasteiger partial charge in [0.25, 0.3) is 7.82 Å². The molecule has 7 atom stereocenters. The summed E-state index contributed by atoms with van der Waals surface area (Å²) in [4.78, 5) is 39.0. The molecule has 0 radical (unpaired) electrons. The first-order chi connectivity index (χ1) is 29.3. The SMILES string of the molecule is CCCCCCCCCCCCCCCCOCC(COP(=O)([O-])OP(=O)(O)OC[C@H]1O[C@@H](n2ccc(=N)nc2[O-])[C@@H](O)[C@@H]1O)OC(=O)CCCCCCCCCCCCC.[Na+].[Na+]. The molecular formula is C42H77N3Na2O14P2. The van der Waals surface area contributed by atoms with Crippen molar-refractivity contribution < 1.29 is 126 Å². The van der Waals surface area contributed by atoms with Gasteiger partial charge < -0.3 is 48.4 Å². The van der Waals surface area contributed by atoms with Crippen LogP contribution in [0.5, 0.6) is 6.01 Å². The van der Waals surface area contributed by atoms with Crippen molar-refractivity contribution in [3.8, 4) is 6.01 Å². The van der Waals surface area contributed by atoms with E-state index in [-0.39, 0.29) is 77.6 Å². The van der Waals surface area contributed by atoms with Crippen LogP contribution in [0.1, 0.15) is 187 Å². The number of esters is 1. The number of aliphatic hydroxyl groups is 2. The van der Waals surface area contributed by atoms with Gasteiger partial charge in [0.2, 0.25) is 0 Å². The summed E-state index contributed by atoms with van der Waals surface area (Å²) in [6.07, 6.45) is 22.9. The van der Waals surface area contributed by atoms with E-state index in [4.69, 9.17) is 28.7 Å². The number of unbranched alkanes of at least 4 members (excludes halogenated alkanes) is 23. The Morgan fingerprint density at radius 1 is 0.778 bits per heavy atom. The standard InChI is InChI=1S/C42H79N3O14P2.2Na/c1-3-5-7-9-11-13-15-16-17-19-21-23-25-27-31-54-32-35(57-38(46)28-26-24-22-20-18-14-12-10-8-6-4-2)33-55-60(50,51)59-61(52,53)56-34-36-39(47)40(48)41(58-36)45-30-29-37(43)44-42(45)49;;/h29-30,35-36,39-41,47-48H,3-28,31-34H2,1-2H3,(H,50,51)(H,52,53)(H2,43,44,49);;/q;2*+1/p-2/t35?,36-,39-,40+,41-;;/m1../s1. The number of rotatable bonds is 39. The van der Waals surface area contributed by atoms with Crippen molar-refractivity contribution in [1.29, 1.82) is 5.41 Å². The van der Waals surface area contributed by atoms with Crippen molar-refractivity contribution in [2.24, 2.45) is 0 Å². The molecule has 1 aromatic heterocycles. The van der Waals surface area contributed by atoms with Gasteiger partial charge in [0.05, 0.1) is 25.8 Å². The van der Waals surface area contributed by atoms with Crippen LogP contribution in [0.4, 0.5) is 0 Å². The van der Waals surface area contributed by atoms with Crippen molar-refractivity contribution in [3.63, 3.8) is 0 Å². The number of phosphoric acid groups is 2. The number of nitrogens with one attached hydrogen (secondary N) is 1. The minimum absolute atomic E-state index is 0. The molecule has 1 aliphatic heterocycles. The fourth-order valence-electron chi connectivity index (χ4n) is 7.13. The molecule has 0 spiro atoms. The van der Waals surface area contributed by atoms with Crippen LogP contribution in [0.25, 0.3) is 0 Å². The monoisotopic (exact) mass is 955 g/mol. The summed E-state index contributed by atoms with van der Waals surface area (Å²) in [7, 11) is -11.0. The molecule has 0 saturated carbocycles. The van der Waals surface area contributed by atoms with Gasteiger partial charge in [0.15, 0.2) is 6.23 Å². The number of ether oxygens (including phenoxy) is 3. The maximum atomic E-state index is 12.7. The minimum Gasteiger partial charge on any atom is -0.846 e. The van der Waals surface area contributed by atoms with Crippen LogP contribution in [0.15, 0.2) is 12.3 Å². The summed E-state index contributed by atoms with van der Waals surface area (Å²) in [5.41, 5.74) is -0.339. The molecule has 1 fully saturated rings. The normalized spacial score (nSPS) is 19.7. The van der Waals surface area contributed by atoms with E-state index in [9.17, 15) is 39.0 Å². The number of aromatic nitrogens is 2. The number of carbonyl (C=O) groups excluding carboxylic acids is 1. The van der Waals surface area contributed by atoms with Gasteiger partial charge in [-0.1, -0.05) is 162 Å².